The van der Waals surface area contributed by atoms with Crippen molar-refractivity contribution in [3.8, 4) is 0 Å². The van der Waals surface area contributed by atoms with Crippen LogP contribution in [0.3, 0.4) is 0 Å². The fraction of sp³-hybridized carbons (Fsp3) is 0.792. The van der Waals surface area contributed by atoms with E-state index in [9.17, 15) is 15.0 Å². The van der Waals surface area contributed by atoms with E-state index in [1.807, 2.05) is 0 Å². The maximum atomic E-state index is 10.7. The number of hydrogen-bond donors (Lipinski definition) is 3. The second-order valence-electron chi connectivity index (χ2n) is 9.17. The molecule has 0 fully saturated rings. The van der Waals surface area contributed by atoms with E-state index in [1.165, 1.54) is 18.4 Å². The van der Waals surface area contributed by atoms with Gasteiger partial charge in [-0.3, -0.25) is 4.79 Å². The van der Waals surface area contributed by atoms with Crippen molar-refractivity contribution in [1.29, 1.82) is 0 Å². The van der Waals surface area contributed by atoms with Gasteiger partial charge in [-0.1, -0.05) is 45.4 Å². The lowest BCUT2D eigenvalue weighted by molar-refractivity contribution is -0.139. The van der Waals surface area contributed by atoms with Crippen molar-refractivity contribution < 1.29 is 24.9 Å². The van der Waals surface area contributed by atoms with Crippen LogP contribution in [0.25, 0.3) is 0 Å². The molecular weight excluding hydrogens is 368 g/mol. The van der Waals surface area contributed by atoms with E-state index < -0.39 is 18.2 Å². The Labute approximate surface area is 175 Å². The second-order valence-corrected chi connectivity index (χ2v) is 9.17. The number of carboxylic acid groups (broad SMARTS) is 1. The summed E-state index contributed by atoms with van der Waals surface area (Å²) in [7, 11) is 0. The summed E-state index contributed by atoms with van der Waals surface area (Å²) in [5, 5.41) is 28.9. The molecule has 0 amide bonds. The molecule has 5 nitrogen and oxygen atoms in total. The number of rotatable bonds is 12. The van der Waals surface area contributed by atoms with Crippen LogP contribution in [0.2, 0.25) is 0 Å². The van der Waals surface area contributed by atoms with Crippen LogP contribution < -0.4 is 0 Å². The Hall–Kier alpha value is -1.17. The van der Waals surface area contributed by atoms with Crippen LogP contribution in [-0.4, -0.2) is 46.2 Å². The summed E-state index contributed by atoms with van der Waals surface area (Å²) in [6.07, 6.45) is 11.1. The van der Waals surface area contributed by atoms with Crippen LogP contribution in [0, 0.1) is 23.7 Å². The minimum atomic E-state index is -1.04. The van der Waals surface area contributed by atoms with Crippen LogP contribution in [0.15, 0.2) is 23.8 Å². The first-order chi connectivity index (χ1) is 13.8. The molecule has 0 aromatic carbocycles. The second kappa shape index (κ2) is 11.9. The van der Waals surface area contributed by atoms with E-state index >= 15 is 0 Å². The molecule has 3 N–H and O–H groups in total. The van der Waals surface area contributed by atoms with Gasteiger partial charge in [0.05, 0.1) is 24.7 Å². The molecule has 0 aliphatic heterocycles. The average Bonchev–Trinajstić information content (AvgIpc) is 2.65. The molecule has 1 unspecified atom stereocenters. The Kier molecular flexibility index (Phi) is 9.87. The van der Waals surface area contributed by atoms with Crippen LogP contribution in [0.1, 0.15) is 72.1 Å². The number of fused-ring (bicyclic) bond motifs is 1. The summed E-state index contributed by atoms with van der Waals surface area (Å²) >= 11 is 0. The Morgan fingerprint density at radius 3 is 2.72 bits per heavy atom. The molecule has 0 aromatic heterocycles. The van der Waals surface area contributed by atoms with Gasteiger partial charge in [-0.05, 0) is 61.9 Å². The summed E-state index contributed by atoms with van der Waals surface area (Å²) in [4.78, 5) is 10.7. The van der Waals surface area contributed by atoms with Gasteiger partial charge in [-0.2, -0.15) is 0 Å². The molecule has 0 heterocycles. The predicted octanol–water partition coefficient (Wildman–Crippen LogP) is 4.33. The molecule has 0 saturated carbocycles. The molecular formula is C24H40O5. The highest BCUT2D eigenvalue weighted by Gasteiger charge is 2.38. The Morgan fingerprint density at radius 1 is 1.28 bits per heavy atom. The number of ether oxygens (including phenoxy) is 1. The zero-order valence-corrected chi connectivity index (χ0v) is 18.3. The van der Waals surface area contributed by atoms with Crippen molar-refractivity contribution in [2.24, 2.45) is 23.7 Å². The Balaban J connectivity index is 1.97. The van der Waals surface area contributed by atoms with E-state index in [1.54, 1.807) is 0 Å². The summed E-state index contributed by atoms with van der Waals surface area (Å²) in [6.45, 7) is 7.50. The number of aliphatic carboxylic acids is 1. The molecule has 7 atom stereocenters. The molecule has 5 heteroatoms. The molecule has 0 radical (unpaired) electrons. The molecule has 29 heavy (non-hydrogen) atoms. The zero-order valence-electron chi connectivity index (χ0n) is 18.3. The number of carboxylic acids is 1. The van der Waals surface area contributed by atoms with Gasteiger partial charge in [0.25, 0.3) is 0 Å². The molecule has 166 valence electrons. The van der Waals surface area contributed by atoms with Crippen LogP contribution >= 0.6 is 0 Å². The number of allylic oxidation sites excluding steroid dienone is 3. The highest BCUT2D eigenvalue weighted by Crippen LogP contribution is 2.43. The number of aliphatic hydroxyl groups is 2. The van der Waals surface area contributed by atoms with E-state index in [0.717, 1.165) is 25.9 Å². The molecule has 0 spiro atoms. The van der Waals surface area contributed by atoms with E-state index in [0.29, 0.717) is 30.1 Å². The highest BCUT2D eigenvalue weighted by atomic mass is 16.5. The number of hydrogen-bond acceptors (Lipinski definition) is 4. The molecule has 0 aromatic rings. The fourth-order valence-electron chi connectivity index (χ4n) is 4.97. The Morgan fingerprint density at radius 2 is 2.03 bits per heavy atom. The standard InChI is InChI=1S/C24H40O5/c1-4-6-16(2)15-29-22-8-5-7-18-10-9-17(3)21(24(18)22)12-11-19(25)13-20(26)14-23(27)28/h7,9-10,16-17,19-22,24-26H,4-6,8,11-15H2,1-3H3,(H,27,28)/t16?,17-,19-,20-,21+,22+,24+/m1/s1. The smallest absolute Gasteiger partial charge is 0.305 e. The molecule has 2 rings (SSSR count). The monoisotopic (exact) mass is 408 g/mol. The maximum absolute atomic E-state index is 10.7. The van der Waals surface area contributed by atoms with Gasteiger partial charge in [0.1, 0.15) is 0 Å². The zero-order chi connectivity index (χ0) is 21.4. The fourth-order valence-corrected chi connectivity index (χ4v) is 4.97. The molecule has 0 bridgehead atoms. The first-order valence-corrected chi connectivity index (χ1v) is 11.4. The van der Waals surface area contributed by atoms with Gasteiger partial charge in [0.2, 0.25) is 0 Å². The first kappa shape index (κ1) is 24.1. The SMILES string of the molecule is CCCC(C)CO[C@H]1CCC=C2C=C[C@@H](C)[C@H](CC[C@@H](O)C[C@@H](O)CC(=O)O)[C@H]21. The summed E-state index contributed by atoms with van der Waals surface area (Å²) in [5.74, 6) is 0.690. The van der Waals surface area contributed by atoms with Crippen molar-refractivity contribution in [3.05, 3.63) is 23.8 Å². The topological polar surface area (TPSA) is 87.0 Å². The predicted molar refractivity (Wildman–Crippen MR) is 115 cm³/mol. The number of aliphatic hydroxyl groups excluding tert-OH is 2. The quantitative estimate of drug-likeness (QED) is 0.447. The molecule has 2 aliphatic rings. The largest absolute Gasteiger partial charge is 0.481 e. The van der Waals surface area contributed by atoms with Crippen molar-refractivity contribution >= 4 is 5.97 Å². The van der Waals surface area contributed by atoms with Crippen LogP contribution in [-0.2, 0) is 9.53 Å². The van der Waals surface area contributed by atoms with Gasteiger partial charge < -0.3 is 20.1 Å². The van der Waals surface area contributed by atoms with Gasteiger partial charge in [0, 0.05) is 12.5 Å². The third-order valence-corrected chi connectivity index (χ3v) is 6.51. The lowest BCUT2D eigenvalue weighted by Gasteiger charge is -2.42. The maximum Gasteiger partial charge on any atom is 0.305 e. The van der Waals surface area contributed by atoms with Gasteiger partial charge >= 0.3 is 5.97 Å². The summed E-state index contributed by atoms with van der Waals surface area (Å²) in [6, 6.07) is 0. The van der Waals surface area contributed by atoms with E-state index in [-0.39, 0.29) is 18.9 Å². The van der Waals surface area contributed by atoms with Gasteiger partial charge in [-0.15, -0.1) is 0 Å². The third kappa shape index (κ3) is 7.54. The van der Waals surface area contributed by atoms with E-state index in [2.05, 4.69) is 39.0 Å². The normalized spacial score (nSPS) is 29.6. The van der Waals surface area contributed by atoms with Crippen LogP contribution in [0.4, 0.5) is 0 Å². The first-order valence-electron chi connectivity index (χ1n) is 11.4. The van der Waals surface area contributed by atoms with Crippen LogP contribution in [0.5, 0.6) is 0 Å². The number of carbonyl (C=O) groups is 1. The average molecular weight is 409 g/mol. The van der Waals surface area contributed by atoms with Crippen molar-refractivity contribution in [1.82, 2.24) is 0 Å². The van der Waals surface area contributed by atoms with Gasteiger partial charge in [-0.25, -0.2) is 0 Å². The van der Waals surface area contributed by atoms with Crippen molar-refractivity contribution in [3.63, 3.8) is 0 Å². The minimum absolute atomic E-state index is 0.116. The highest BCUT2D eigenvalue weighted by molar-refractivity contribution is 5.67. The lowest BCUT2D eigenvalue weighted by atomic mass is 9.66. The van der Waals surface area contributed by atoms with Crippen molar-refractivity contribution in [2.45, 2.75) is 90.4 Å². The summed E-state index contributed by atoms with van der Waals surface area (Å²) < 4.78 is 6.42. The van der Waals surface area contributed by atoms with Gasteiger partial charge in [0.15, 0.2) is 0 Å². The minimum Gasteiger partial charge on any atom is -0.481 e. The van der Waals surface area contributed by atoms with Crippen molar-refractivity contribution in [2.75, 3.05) is 6.61 Å². The third-order valence-electron chi connectivity index (χ3n) is 6.51. The Bertz CT molecular complexity index is 570. The lowest BCUT2D eigenvalue weighted by Crippen LogP contribution is -2.39. The molecule has 2 aliphatic carbocycles. The summed E-state index contributed by atoms with van der Waals surface area (Å²) in [5.41, 5.74) is 1.37. The molecule has 0 saturated heterocycles. The van der Waals surface area contributed by atoms with E-state index in [4.69, 9.17) is 9.84 Å².